The molecule has 0 aromatic rings. The Bertz CT molecular complexity index is 371. The van der Waals surface area contributed by atoms with Crippen LogP contribution in [0.4, 0.5) is 0 Å². The molecule has 1 aliphatic carbocycles. The third-order valence-electron chi connectivity index (χ3n) is 5.26. The van der Waals surface area contributed by atoms with Crippen LogP contribution >= 0.6 is 0 Å². The molecule has 3 aliphatic rings. The highest BCUT2D eigenvalue weighted by Crippen LogP contribution is 2.59. The predicted octanol–water partition coefficient (Wildman–Crippen LogP) is 1.62. The van der Waals surface area contributed by atoms with Crippen molar-refractivity contribution in [2.24, 2.45) is 5.41 Å². The van der Waals surface area contributed by atoms with Crippen LogP contribution in [-0.4, -0.2) is 51.1 Å². The van der Waals surface area contributed by atoms with Gasteiger partial charge in [-0.2, -0.15) is 0 Å². The standard InChI is InChI=1S/C15H24O6/c1-13(7-4-12(16)17-2)14(18-8-9-19-14)5-3-6-15(13)20-10-11-21-15/h3-11H2,1-2H3. The van der Waals surface area contributed by atoms with Crippen LogP contribution in [0.5, 0.6) is 0 Å². The van der Waals surface area contributed by atoms with E-state index in [-0.39, 0.29) is 5.97 Å². The maximum absolute atomic E-state index is 11.6. The second-order valence-electron chi connectivity index (χ2n) is 6.16. The normalized spacial score (nSPS) is 29.0. The fourth-order valence-electron chi connectivity index (χ4n) is 4.07. The Morgan fingerprint density at radius 2 is 1.48 bits per heavy atom. The number of carbonyl (C=O) groups excluding carboxylic acids is 1. The van der Waals surface area contributed by atoms with E-state index in [1.54, 1.807) is 0 Å². The summed E-state index contributed by atoms with van der Waals surface area (Å²) < 4.78 is 28.8. The van der Waals surface area contributed by atoms with Crippen LogP contribution in [0.25, 0.3) is 0 Å². The molecule has 2 spiro atoms. The second-order valence-corrected chi connectivity index (χ2v) is 6.16. The van der Waals surface area contributed by atoms with E-state index < -0.39 is 17.0 Å². The van der Waals surface area contributed by atoms with Crippen molar-refractivity contribution in [2.75, 3.05) is 33.5 Å². The highest BCUT2D eigenvalue weighted by Gasteiger charge is 2.68. The summed E-state index contributed by atoms with van der Waals surface area (Å²) in [6, 6.07) is 0. The van der Waals surface area contributed by atoms with Gasteiger partial charge in [-0.05, 0) is 19.8 Å². The Balaban J connectivity index is 1.91. The van der Waals surface area contributed by atoms with Crippen molar-refractivity contribution in [1.29, 1.82) is 0 Å². The van der Waals surface area contributed by atoms with Crippen molar-refractivity contribution >= 4 is 5.97 Å². The SMILES string of the molecule is COC(=O)CCC1(C)C2(CCCC13OCCO3)OCCO2. The van der Waals surface area contributed by atoms with E-state index in [4.69, 9.17) is 23.7 Å². The Morgan fingerprint density at radius 3 is 1.90 bits per heavy atom. The average molecular weight is 300 g/mol. The van der Waals surface area contributed by atoms with Crippen molar-refractivity contribution < 1.29 is 28.5 Å². The highest BCUT2D eigenvalue weighted by molar-refractivity contribution is 5.69. The third kappa shape index (κ3) is 2.20. The van der Waals surface area contributed by atoms with Gasteiger partial charge in [-0.3, -0.25) is 4.79 Å². The molecule has 0 amide bonds. The predicted molar refractivity (Wildman–Crippen MR) is 72.5 cm³/mol. The molecule has 0 aromatic heterocycles. The molecule has 120 valence electrons. The van der Waals surface area contributed by atoms with E-state index in [2.05, 4.69) is 6.92 Å². The molecule has 0 aromatic carbocycles. The lowest BCUT2D eigenvalue weighted by molar-refractivity contribution is -0.363. The van der Waals surface area contributed by atoms with Gasteiger partial charge in [0.05, 0.1) is 39.0 Å². The molecular formula is C15H24O6. The first-order valence-corrected chi connectivity index (χ1v) is 7.70. The number of methoxy groups -OCH3 is 1. The zero-order valence-corrected chi connectivity index (χ0v) is 12.8. The van der Waals surface area contributed by atoms with Crippen LogP contribution in [0.2, 0.25) is 0 Å². The van der Waals surface area contributed by atoms with Gasteiger partial charge in [0.1, 0.15) is 0 Å². The van der Waals surface area contributed by atoms with Crippen molar-refractivity contribution in [1.82, 2.24) is 0 Å². The molecule has 0 N–H and O–H groups in total. The molecule has 0 radical (unpaired) electrons. The maximum atomic E-state index is 11.6. The molecule has 0 atom stereocenters. The quantitative estimate of drug-likeness (QED) is 0.738. The molecule has 2 heterocycles. The van der Waals surface area contributed by atoms with Crippen molar-refractivity contribution in [2.45, 2.75) is 50.6 Å². The van der Waals surface area contributed by atoms with Gasteiger partial charge in [-0.1, -0.05) is 0 Å². The zero-order valence-electron chi connectivity index (χ0n) is 12.8. The van der Waals surface area contributed by atoms with Gasteiger partial charge >= 0.3 is 5.97 Å². The van der Waals surface area contributed by atoms with Gasteiger partial charge in [0.2, 0.25) is 0 Å². The van der Waals surface area contributed by atoms with Crippen LogP contribution in [0.1, 0.15) is 39.0 Å². The first-order valence-electron chi connectivity index (χ1n) is 7.70. The van der Waals surface area contributed by atoms with Gasteiger partial charge in [-0.25, -0.2) is 0 Å². The lowest BCUT2D eigenvalue weighted by Gasteiger charge is -2.56. The number of carbonyl (C=O) groups is 1. The van der Waals surface area contributed by atoms with Crippen molar-refractivity contribution in [3.8, 4) is 0 Å². The van der Waals surface area contributed by atoms with Crippen LogP contribution in [0.15, 0.2) is 0 Å². The van der Waals surface area contributed by atoms with Crippen LogP contribution in [0, 0.1) is 5.41 Å². The summed E-state index contributed by atoms with van der Waals surface area (Å²) in [7, 11) is 1.40. The van der Waals surface area contributed by atoms with Crippen LogP contribution < -0.4 is 0 Å². The number of hydrogen-bond donors (Lipinski definition) is 0. The van der Waals surface area contributed by atoms with Crippen molar-refractivity contribution in [3.05, 3.63) is 0 Å². The summed E-state index contributed by atoms with van der Waals surface area (Å²) in [5.41, 5.74) is -0.528. The third-order valence-corrected chi connectivity index (χ3v) is 5.26. The number of hydrogen-bond acceptors (Lipinski definition) is 6. The summed E-state index contributed by atoms with van der Waals surface area (Å²) in [5.74, 6) is -1.67. The Kier molecular flexibility index (Phi) is 3.98. The molecule has 0 bridgehead atoms. The molecule has 1 saturated carbocycles. The zero-order chi connectivity index (χ0) is 15.0. The van der Waals surface area contributed by atoms with Gasteiger partial charge in [0.25, 0.3) is 0 Å². The maximum Gasteiger partial charge on any atom is 0.305 e. The molecule has 6 heteroatoms. The molecular weight excluding hydrogens is 276 g/mol. The first-order chi connectivity index (χ1) is 10.1. The highest BCUT2D eigenvalue weighted by atomic mass is 16.8. The number of esters is 1. The van der Waals surface area contributed by atoms with E-state index >= 15 is 0 Å². The molecule has 0 unspecified atom stereocenters. The van der Waals surface area contributed by atoms with Gasteiger partial charge in [0, 0.05) is 19.3 Å². The van der Waals surface area contributed by atoms with Crippen LogP contribution in [-0.2, 0) is 28.5 Å². The largest absolute Gasteiger partial charge is 0.469 e. The van der Waals surface area contributed by atoms with Gasteiger partial charge in [-0.15, -0.1) is 0 Å². The first kappa shape index (κ1) is 15.2. The van der Waals surface area contributed by atoms with E-state index in [0.29, 0.717) is 39.3 Å². The monoisotopic (exact) mass is 300 g/mol. The van der Waals surface area contributed by atoms with E-state index in [1.165, 1.54) is 7.11 Å². The fourth-order valence-corrected chi connectivity index (χ4v) is 4.07. The van der Waals surface area contributed by atoms with E-state index in [9.17, 15) is 4.79 Å². The Hall–Kier alpha value is -0.690. The van der Waals surface area contributed by atoms with E-state index in [1.807, 2.05) is 0 Å². The minimum Gasteiger partial charge on any atom is -0.469 e. The van der Waals surface area contributed by atoms with Crippen LogP contribution in [0.3, 0.4) is 0 Å². The minimum atomic E-state index is -0.719. The average Bonchev–Trinajstić information content (AvgIpc) is 3.14. The minimum absolute atomic E-state index is 0.233. The molecule has 6 nitrogen and oxygen atoms in total. The van der Waals surface area contributed by atoms with Gasteiger partial charge < -0.3 is 23.7 Å². The molecule has 2 saturated heterocycles. The lowest BCUT2D eigenvalue weighted by atomic mass is 9.63. The topological polar surface area (TPSA) is 63.2 Å². The summed E-state index contributed by atoms with van der Waals surface area (Å²) in [6.07, 6.45) is 3.39. The van der Waals surface area contributed by atoms with E-state index in [0.717, 1.165) is 19.3 Å². The van der Waals surface area contributed by atoms with Gasteiger partial charge in [0.15, 0.2) is 11.6 Å². The molecule has 3 fully saturated rings. The Morgan fingerprint density at radius 1 is 1.00 bits per heavy atom. The summed E-state index contributed by atoms with van der Waals surface area (Å²) in [4.78, 5) is 11.6. The second kappa shape index (κ2) is 5.50. The summed E-state index contributed by atoms with van der Waals surface area (Å²) >= 11 is 0. The molecule has 21 heavy (non-hydrogen) atoms. The van der Waals surface area contributed by atoms with Crippen molar-refractivity contribution in [3.63, 3.8) is 0 Å². The number of rotatable bonds is 3. The Labute approximate surface area is 125 Å². The summed E-state index contributed by atoms with van der Waals surface area (Å²) in [6.45, 7) is 4.35. The lowest BCUT2D eigenvalue weighted by Crippen LogP contribution is -2.64. The fraction of sp³-hybridized carbons (Fsp3) is 0.933. The number of ether oxygens (including phenoxy) is 5. The molecule has 3 rings (SSSR count). The summed E-state index contributed by atoms with van der Waals surface area (Å²) in [5, 5.41) is 0. The smallest absolute Gasteiger partial charge is 0.305 e. The molecule has 2 aliphatic heterocycles.